The number of anilines is 1. The zero-order valence-corrected chi connectivity index (χ0v) is 9.98. The molecule has 0 bridgehead atoms. The van der Waals surface area contributed by atoms with Gasteiger partial charge in [0.25, 0.3) is 0 Å². The van der Waals surface area contributed by atoms with Crippen molar-refractivity contribution in [1.82, 2.24) is 14.6 Å². The molecule has 0 fully saturated rings. The van der Waals surface area contributed by atoms with Crippen molar-refractivity contribution in [2.24, 2.45) is 0 Å². The van der Waals surface area contributed by atoms with E-state index >= 15 is 0 Å². The van der Waals surface area contributed by atoms with Gasteiger partial charge in [-0.25, -0.2) is 0 Å². The molecular weight excluding hydrogens is 252 g/mol. The summed E-state index contributed by atoms with van der Waals surface area (Å²) in [4.78, 5) is 0.778. The van der Waals surface area contributed by atoms with Gasteiger partial charge in [-0.15, -0.1) is 21.5 Å². The van der Waals surface area contributed by atoms with Crippen molar-refractivity contribution in [2.45, 2.75) is 0 Å². The number of fused-ring (bicyclic) bond motifs is 2. The number of rotatable bonds is 1. The summed E-state index contributed by atoms with van der Waals surface area (Å²) in [7, 11) is 0. The molecule has 0 spiro atoms. The smallest absolute Gasteiger partial charge is 0.231 e. The van der Waals surface area contributed by atoms with Crippen LogP contribution in [-0.2, 0) is 0 Å². The first-order valence-corrected chi connectivity index (χ1v) is 6.19. The van der Waals surface area contributed by atoms with Crippen LogP contribution in [0, 0.1) is 0 Å². The first kappa shape index (κ1) is 9.72. The molecule has 6 nitrogen and oxygen atoms in total. The molecule has 3 aromatic rings. The van der Waals surface area contributed by atoms with Gasteiger partial charge >= 0.3 is 0 Å². The molecule has 0 saturated heterocycles. The van der Waals surface area contributed by atoms with Crippen molar-refractivity contribution >= 4 is 22.2 Å². The van der Waals surface area contributed by atoms with Crippen LogP contribution in [0.3, 0.4) is 0 Å². The second-order valence-electron chi connectivity index (χ2n) is 3.87. The Balaban J connectivity index is 1.94. The highest BCUT2D eigenvalue weighted by Crippen LogP contribution is 2.37. The lowest BCUT2D eigenvalue weighted by molar-refractivity contribution is 0.174. The summed E-state index contributed by atoms with van der Waals surface area (Å²) in [5, 5.41) is 9.84. The van der Waals surface area contributed by atoms with Crippen LogP contribution in [0.15, 0.2) is 23.6 Å². The molecule has 4 rings (SSSR count). The van der Waals surface area contributed by atoms with Crippen LogP contribution < -0.4 is 15.2 Å². The Morgan fingerprint density at radius 2 is 2.11 bits per heavy atom. The Hall–Kier alpha value is -2.28. The standard InChI is InChI=1S/C11H8N4O2S/c12-10-13-14-11-15(10)7(4-18-11)6-1-2-8-9(3-6)17-5-16-8/h1-4H,5H2,(H2,12,13). The van der Waals surface area contributed by atoms with Crippen LogP contribution in [0.2, 0.25) is 0 Å². The summed E-state index contributed by atoms with van der Waals surface area (Å²) in [6.45, 7) is 0.270. The Kier molecular flexibility index (Phi) is 1.81. The van der Waals surface area contributed by atoms with E-state index in [-0.39, 0.29) is 6.79 Å². The van der Waals surface area contributed by atoms with Crippen molar-refractivity contribution in [2.75, 3.05) is 12.5 Å². The molecule has 1 aliphatic rings. The van der Waals surface area contributed by atoms with Crippen LogP contribution in [0.1, 0.15) is 0 Å². The second kappa shape index (κ2) is 3.36. The molecule has 7 heteroatoms. The molecule has 3 heterocycles. The largest absolute Gasteiger partial charge is 0.454 e. The molecule has 1 aromatic carbocycles. The first-order chi connectivity index (χ1) is 8.83. The van der Waals surface area contributed by atoms with Crippen LogP contribution in [0.4, 0.5) is 5.95 Å². The topological polar surface area (TPSA) is 74.7 Å². The molecule has 0 amide bonds. The lowest BCUT2D eigenvalue weighted by atomic mass is 10.1. The highest BCUT2D eigenvalue weighted by molar-refractivity contribution is 7.15. The van der Waals surface area contributed by atoms with Gasteiger partial charge in [-0.05, 0) is 18.2 Å². The summed E-state index contributed by atoms with van der Waals surface area (Å²) in [5.41, 5.74) is 7.76. The van der Waals surface area contributed by atoms with Gasteiger partial charge in [0.2, 0.25) is 17.7 Å². The van der Waals surface area contributed by atoms with Gasteiger partial charge in [-0.1, -0.05) is 0 Å². The zero-order chi connectivity index (χ0) is 12.1. The molecule has 0 atom stereocenters. The van der Waals surface area contributed by atoms with Gasteiger partial charge in [0.05, 0.1) is 5.69 Å². The number of hydrogen-bond acceptors (Lipinski definition) is 6. The SMILES string of the molecule is Nc1nnc2scc(-c3ccc4c(c3)OCO4)n12. The molecular formula is C11H8N4O2S. The quantitative estimate of drug-likeness (QED) is 0.721. The Labute approximate surface area is 106 Å². The average Bonchev–Trinajstić information content (AvgIpc) is 3.06. The van der Waals surface area contributed by atoms with Crippen molar-refractivity contribution in [3.05, 3.63) is 23.6 Å². The lowest BCUT2D eigenvalue weighted by Gasteiger charge is -2.02. The first-order valence-electron chi connectivity index (χ1n) is 5.31. The van der Waals surface area contributed by atoms with Gasteiger partial charge in [-0.3, -0.25) is 4.40 Å². The maximum atomic E-state index is 5.81. The Bertz CT molecular complexity index is 749. The molecule has 0 unspecified atom stereocenters. The van der Waals surface area contributed by atoms with E-state index in [0.717, 1.165) is 27.7 Å². The summed E-state index contributed by atoms with van der Waals surface area (Å²) in [6, 6.07) is 5.79. The fourth-order valence-electron chi connectivity index (χ4n) is 2.00. The van der Waals surface area contributed by atoms with Crippen LogP contribution in [0.5, 0.6) is 11.5 Å². The lowest BCUT2D eigenvalue weighted by Crippen LogP contribution is -1.94. The monoisotopic (exact) mass is 260 g/mol. The zero-order valence-electron chi connectivity index (χ0n) is 9.16. The third kappa shape index (κ3) is 1.22. The number of thiazole rings is 1. The van der Waals surface area contributed by atoms with Crippen molar-refractivity contribution in [3.63, 3.8) is 0 Å². The minimum absolute atomic E-state index is 0.270. The number of ether oxygens (including phenoxy) is 2. The highest BCUT2D eigenvalue weighted by atomic mass is 32.1. The predicted octanol–water partition coefficient (Wildman–Crippen LogP) is 1.77. The maximum absolute atomic E-state index is 5.81. The summed E-state index contributed by atoms with van der Waals surface area (Å²) >= 11 is 1.50. The van der Waals surface area contributed by atoms with E-state index < -0.39 is 0 Å². The van der Waals surface area contributed by atoms with Crippen LogP contribution >= 0.6 is 11.3 Å². The van der Waals surface area contributed by atoms with E-state index in [0.29, 0.717) is 5.95 Å². The third-order valence-electron chi connectivity index (χ3n) is 2.84. The fourth-order valence-corrected chi connectivity index (χ4v) is 2.84. The van der Waals surface area contributed by atoms with E-state index in [4.69, 9.17) is 15.2 Å². The number of nitrogen functional groups attached to an aromatic ring is 1. The maximum Gasteiger partial charge on any atom is 0.231 e. The van der Waals surface area contributed by atoms with Gasteiger partial charge in [0, 0.05) is 10.9 Å². The molecule has 2 N–H and O–H groups in total. The minimum Gasteiger partial charge on any atom is -0.454 e. The van der Waals surface area contributed by atoms with Crippen molar-refractivity contribution < 1.29 is 9.47 Å². The Morgan fingerprint density at radius 3 is 3.06 bits per heavy atom. The fraction of sp³-hybridized carbons (Fsp3) is 0.0909. The van der Waals surface area contributed by atoms with Crippen LogP contribution in [-0.4, -0.2) is 21.4 Å². The van der Waals surface area contributed by atoms with Gasteiger partial charge in [0.1, 0.15) is 0 Å². The van der Waals surface area contributed by atoms with E-state index in [1.807, 2.05) is 28.0 Å². The number of benzene rings is 1. The molecule has 1 aliphatic heterocycles. The van der Waals surface area contributed by atoms with E-state index in [1.54, 1.807) is 0 Å². The van der Waals surface area contributed by atoms with E-state index in [2.05, 4.69) is 10.2 Å². The third-order valence-corrected chi connectivity index (χ3v) is 3.66. The summed E-state index contributed by atoms with van der Waals surface area (Å²) in [5.74, 6) is 1.90. The number of nitrogens with two attached hydrogens (primary N) is 1. The summed E-state index contributed by atoms with van der Waals surface area (Å²) < 4.78 is 12.5. The Morgan fingerprint density at radius 1 is 1.22 bits per heavy atom. The number of aromatic nitrogens is 3. The van der Waals surface area contributed by atoms with Crippen LogP contribution in [0.25, 0.3) is 16.2 Å². The molecule has 18 heavy (non-hydrogen) atoms. The summed E-state index contributed by atoms with van der Waals surface area (Å²) in [6.07, 6.45) is 0. The van der Waals surface area contributed by atoms with Crippen molar-refractivity contribution in [3.8, 4) is 22.8 Å². The van der Waals surface area contributed by atoms with E-state index in [9.17, 15) is 0 Å². The van der Waals surface area contributed by atoms with E-state index in [1.165, 1.54) is 11.3 Å². The highest BCUT2D eigenvalue weighted by Gasteiger charge is 2.16. The molecule has 2 aromatic heterocycles. The molecule has 0 saturated carbocycles. The predicted molar refractivity (Wildman–Crippen MR) is 66.8 cm³/mol. The van der Waals surface area contributed by atoms with Gasteiger partial charge in [0.15, 0.2) is 11.5 Å². The molecule has 0 aliphatic carbocycles. The minimum atomic E-state index is 0.270. The van der Waals surface area contributed by atoms with Gasteiger partial charge in [-0.2, -0.15) is 0 Å². The average molecular weight is 260 g/mol. The molecule has 0 radical (unpaired) electrons. The van der Waals surface area contributed by atoms with Gasteiger partial charge < -0.3 is 15.2 Å². The molecule has 90 valence electrons. The number of nitrogens with zero attached hydrogens (tertiary/aromatic N) is 3. The number of hydrogen-bond donors (Lipinski definition) is 1. The van der Waals surface area contributed by atoms with Crippen molar-refractivity contribution in [1.29, 1.82) is 0 Å². The normalized spacial score (nSPS) is 13.3. The second-order valence-corrected chi connectivity index (χ2v) is 4.70.